The van der Waals surface area contributed by atoms with E-state index in [1.807, 2.05) is 35.2 Å². The van der Waals surface area contributed by atoms with Gasteiger partial charge in [-0.3, -0.25) is 4.79 Å². The van der Waals surface area contributed by atoms with Gasteiger partial charge in [0.2, 0.25) is 11.8 Å². The molecule has 1 aromatic carbocycles. The lowest BCUT2D eigenvalue weighted by Crippen LogP contribution is -2.43. The van der Waals surface area contributed by atoms with Crippen LogP contribution in [0.1, 0.15) is 20.3 Å². The zero-order valence-corrected chi connectivity index (χ0v) is 14.3. The largest absolute Gasteiger partial charge is 0.411 e. The van der Waals surface area contributed by atoms with Crippen molar-refractivity contribution in [2.75, 3.05) is 18.8 Å². The molecule has 6 heteroatoms. The van der Waals surface area contributed by atoms with Gasteiger partial charge in [0.25, 0.3) is 5.22 Å². The summed E-state index contributed by atoms with van der Waals surface area (Å²) in [5, 5.41) is 8.49. The fraction of sp³-hybridized carbons (Fsp3) is 0.471. The van der Waals surface area contributed by atoms with Crippen LogP contribution in [0.25, 0.3) is 11.5 Å². The number of carbonyl (C=O) groups is 1. The lowest BCUT2D eigenvalue weighted by molar-refractivity contribution is -0.130. The van der Waals surface area contributed by atoms with Crippen LogP contribution in [0.2, 0.25) is 0 Å². The second-order valence-corrected chi connectivity index (χ2v) is 7.20. The van der Waals surface area contributed by atoms with Crippen molar-refractivity contribution in [3.05, 3.63) is 30.3 Å². The molecule has 1 amide bonds. The Balaban J connectivity index is 1.56. The van der Waals surface area contributed by atoms with Crippen LogP contribution in [0.15, 0.2) is 40.0 Å². The first-order chi connectivity index (χ1) is 11.1. The van der Waals surface area contributed by atoms with E-state index >= 15 is 0 Å². The molecule has 1 aromatic heterocycles. The van der Waals surface area contributed by atoms with E-state index < -0.39 is 0 Å². The van der Waals surface area contributed by atoms with Crippen molar-refractivity contribution in [2.24, 2.45) is 11.8 Å². The van der Waals surface area contributed by atoms with Crippen molar-refractivity contribution in [1.82, 2.24) is 15.1 Å². The number of piperidine rings is 1. The van der Waals surface area contributed by atoms with Crippen LogP contribution >= 0.6 is 11.8 Å². The molecular formula is C17H21N3O2S. The molecule has 2 heterocycles. The summed E-state index contributed by atoms with van der Waals surface area (Å²) >= 11 is 1.31. The Kier molecular flexibility index (Phi) is 5.00. The fourth-order valence-corrected chi connectivity index (χ4v) is 3.71. The molecule has 0 unspecified atom stereocenters. The van der Waals surface area contributed by atoms with Crippen LogP contribution in [-0.4, -0.2) is 39.8 Å². The molecular weight excluding hydrogens is 310 g/mol. The summed E-state index contributed by atoms with van der Waals surface area (Å²) in [7, 11) is 0. The van der Waals surface area contributed by atoms with Gasteiger partial charge in [-0.05, 0) is 30.4 Å². The fourth-order valence-electron chi connectivity index (χ4n) is 3.05. The van der Waals surface area contributed by atoms with E-state index in [0.29, 0.717) is 28.7 Å². The Hall–Kier alpha value is -1.82. The molecule has 0 saturated carbocycles. The maximum atomic E-state index is 12.4. The number of nitrogens with zero attached hydrogens (tertiary/aromatic N) is 3. The first-order valence-electron chi connectivity index (χ1n) is 7.91. The number of hydrogen-bond donors (Lipinski definition) is 0. The van der Waals surface area contributed by atoms with E-state index in [1.54, 1.807) is 0 Å². The highest BCUT2D eigenvalue weighted by Crippen LogP contribution is 2.25. The predicted octanol–water partition coefficient (Wildman–Crippen LogP) is 3.33. The number of likely N-dealkylation sites (tertiary alicyclic amines) is 1. The maximum Gasteiger partial charge on any atom is 0.277 e. The molecule has 0 radical (unpaired) electrons. The quantitative estimate of drug-likeness (QED) is 0.804. The van der Waals surface area contributed by atoms with Crippen LogP contribution in [-0.2, 0) is 4.79 Å². The van der Waals surface area contributed by atoms with Gasteiger partial charge in [-0.2, -0.15) is 0 Å². The SMILES string of the molecule is C[C@@H]1C[C@H](C)CN(C(=O)CSc2nnc(-c3ccccc3)o2)C1. The van der Waals surface area contributed by atoms with Gasteiger partial charge in [-0.15, -0.1) is 10.2 Å². The lowest BCUT2D eigenvalue weighted by atomic mass is 9.92. The van der Waals surface area contributed by atoms with Crippen molar-refractivity contribution in [2.45, 2.75) is 25.5 Å². The second kappa shape index (κ2) is 7.17. The van der Waals surface area contributed by atoms with Gasteiger partial charge in [-0.25, -0.2) is 0 Å². The van der Waals surface area contributed by atoms with E-state index in [0.717, 1.165) is 18.7 Å². The van der Waals surface area contributed by atoms with Crippen molar-refractivity contribution >= 4 is 17.7 Å². The normalized spacial score (nSPS) is 21.4. The molecule has 0 bridgehead atoms. The number of benzene rings is 1. The molecule has 23 heavy (non-hydrogen) atoms. The Morgan fingerprint density at radius 3 is 2.61 bits per heavy atom. The highest BCUT2D eigenvalue weighted by molar-refractivity contribution is 7.99. The molecule has 0 aliphatic carbocycles. The molecule has 2 aromatic rings. The molecule has 0 spiro atoms. The number of carbonyl (C=O) groups excluding carboxylic acids is 1. The van der Waals surface area contributed by atoms with Crippen molar-refractivity contribution in [3.63, 3.8) is 0 Å². The zero-order valence-electron chi connectivity index (χ0n) is 13.4. The zero-order chi connectivity index (χ0) is 16.2. The molecule has 1 fully saturated rings. The van der Waals surface area contributed by atoms with Gasteiger partial charge in [0, 0.05) is 18.7 Å². The number of rotatable bonds is 4. The minimum Gasteiger partial charge on any atom is -0.411 e. The number of hydrogen-bond acceptors (Lipinski definition) is 5. The molecule has 3 rings (SSSR count). The third-order valence-electron chi connectivity index (χ3n) is 3.97. The summed E-state index contributed by atoms with van der Waals surface area (Å²) in [6, 6.07) is 9.63. The monoisotopic (exact) mass is 331 g/mol. The predicted molar refractivity (Wildman–Crippen MR) is 90.0 cm³/mol. The van der Waals surface area contributed by atoms with E-state index in [9.17, 15) is 4.79 Å². The van der Waals surface area contributed by atoms with E-state index in [-0.39, 0.29) is 5.91 Å². The summed E-state index contributed by atoms with van der Waals surface area (Å²) in [6.45, 7) is 6.10. The maximum absolute atomic E-state index is 12.4. The molecule has 2 atom stereocenters. The van der Waals surface area contributed by atoms with Gasteiger partial charge >= 0.3 is 0 Å². The summed E-state index contributed by atoms with van der Waals surface area (Å²) < 4.78 is 5.62. The number of amides is 1. The van der Waals surface area contributed by atoms with Gasteiger partial charge in [0.1, 0.15) is 0 Å². The minimum atomic E-state index is 0.146. The topological polar surface area (TPSA) is 59.2 Å². The van der Waals surface area contributed by atoms with Gasteiger partial charge in [0.15, 0.2) is 0 Å². The van der Waals surface area contributed by atoms with Crippen LogP contribution < -0.4 is 0 Å². The van der Waals surface area contributed by atoms with Gasteiger partial charge < -0.3 is 9.32 Å². The van der Waals surface area contributed by atoms with Crippen LogP contribution in [0.5, 0.6) is 0 Å². The van der Waals surface area contributed by atoms with Crippen molar-refractivity contribution < 1.29 is 9.21 Å². The summed E-state index contributed by atoms with van der Waals surface area (Å²) in [6.07, 6.45) is 1.20. The number of aromatic nitrogens is 2. The van der Waals surface area contributed by atoms with Crippen LogP contribution in [0.3, 0.4) is 0 Å². The Bertz CT molecular complexity index is 649. The van der Waals surface area contributed by atoms with Crippen molar-refractivity contribution in [1.29, 1.82) is 0 Å². The average molecular weight is 331 g/mol. The Labute approximate surface area is 140 Å². The highest BCUT2D eigenvalue weighted by atomic mass is 32.2. The highest BCUT2D eigenvalue weighted by Gasteiger charge is 2.25. The van der Waals surface area contributed by atoms with E-state index in [1.165, 1.54) is 18.2 Å². The minimum absolute atomic E-state index is 0.146. The molecule has 1 aliphatic heterocycles. The molecule has 0 N–H and O–H groups in total. The summed E-state index contributed by atoms with van der Waals surface area (Å²) in [5.74, 6) is 2.12. The molecule has 1 saturated heterocycles. The first kappa shape index (κ1) is 16.1. The average Bonchev–Trinajstić information content (AvgIpc) is 3.01. The lowest BCUT2D eigenvalue weighted by Gasteiger charge is -2.34. The standard InChI is InChI=1S/C17H21N3O2S/c1-12-8-13(2)10-20(9-12)15(21)11-23-17-19-18-16(22-17)14-6-4-3-5-7-14/h3-7,12-13H,8-11H2,1-2H3/t12-,13+. The van der Waals surface area contributed by atoms with Crippen LogP contribution in [0.4, 0.5) is 0 Å². The Morgan fingerprint density at radius 1 is 1.22 bits per heavy atom. The van der Waals surface area contributed by atoms with Crippen molar-refractivity contribution in [3.8, 4) is 11.5 Å². The third-order valence-corrected chi connectivity index (χ3v) is 4.77. The summed E-state index contributed by atoms with van der Waals surface area (Å²) in [4.78, 5) is 14.3. The molecule has 122 valence electrons. The third kappa shape index (κ3) is 4.13. The van der Waals surface area contributed by atoms with E-state index in [2.05, 4.69) is 24.0 Å². The molecule has 5 nitrogen and oxygen atoms in total. The van der Waals surface area contributed by atoms with E-state index in [4.69, 9.17) is 4.42 Å². The number of thioether (sulfide) groups is 1. The summed E-state index contributed by atoms with van der Waals surface area (Å²) in [5.41, 5.74) is 0.886. The van der Waals surface area contributed by atoms with Gasteiger partial charge in [0.05, 0.1) is 5.75 Å². The smallest absolute Gasteiger partial charge is 0.277 e. The molecule has 1 aliphatic rings. The first-order valence-corrected chi connectivity index (χ1v) is 8.90. The van der Waals surface area contributed by atoms with Crippen LogP contribution in [0, 0.1) is 11.8 Å². The Morgan fingerprint density at radius 2 is 1.91 bits per heavy atom. The van der Waals surface area contributed by atoms with Gasteiger partial charge in [-0.1, -0.05) is 43.8 Å². The second-order valence-electron chi connectivity index (χ2n) is 6.27.